The summed E-state index contributed by atoms with van der Waals surface area (Å²) < 4.78 is 0. The molecule has 0 saturated heterocycles. The van der Waals surface area contributed by atoms with Gasteiger partial charge in [0, 0.05) is 24.7 Å². The fourth-order valence-electron chi connectivity index (χ4n) is 2.56. The molecule has 2 fully saturated rings. The third-order valence-electron chi connectivity index (χ3n) is 3.72. The molecule has 2 rings (SSSR count). The van der Waals surface area contributed by atoms with Gasteiger partial charge in [-0.1, -0.05) is 13.8 Å². The molecular weight excluding hydrogens is 184 g/mol. The van der Waals surface area contributed by atoms with Crippen LogP contribution in [0.25, 0.3) is 0 Å². The maximum absolute atomic E-state index is 6.42. The van der Waals surface area contributed by atoms with Crippen molar-refractivity contribution in [2.45, 2.75) is 58.0 Å². The Hall–Kier alpha value is -0.0800. The lowest BCUT2D eigenvalue weighted by Gasteiger charge is -2.34. The highest BCUT2D eigenvalue weighted by Gasteiger charge is 2.41. The average Bonchev–Trinajstić information content (AvgIpc) is 2.97. The van der Waals surface area contributed by atoms with Crippen molar-refractivity contribution >= 4 is 0 Å². The number of nitrogens with zero attached hydrogens (tertiary/aromatic N) is 1. The van der Waals surface area contributed by atoms with Gasteiger partial charge in [0.2, 0.25) is 0 Å². The summed E-state index contributed by atoms with van der Waals surface area (Å²) in [6, 6.07) is 0.856. The summed E-state index contributed by atoms with van der Waals surface area (Å²) in [5.74, 6) is 1.56. The lowest BCUT2D eigenvalue weighted by atomic mass is 9.96. The second kappa shape index (κ2) is 4.06. The molecule has 2 aliphatic carbocycles. The maximum Gasteiger partial charge on any atom is 0.0283 e. The highest BCUT2D eigenvalue weighted by atomic mass is 15.2. The highest BCUT2D eigenvalue weighted by Crippen LogP contribution is 2.40. The second-order valence-corrected chi connectivity index (χ2v) is 6.33. The lowest BCUT2D eigenvalue weighted by Crippen LogP contribution is -2.51. The van der Waals surface area contributed by atoms with Crippen LogP contribution in [-0.4, -0.2) is 29.6 Å². The van der Waals surface area contributed by atoms with E-state index in [0.29, 0.717) is 0 Å². The topological polar surface area (TPSA) is 29.3 Å². The van der Waals surface area contributed by atoms with Crippen LogP contribution in [0.4, 0.5) is 0 Å². The van der Waals surface area contributed by atoms with Crippen LogP contribution < -0.4 is 5.73 Å². The van der Waals surface area contributed by atoms with Crippen molar-refractivity contribution in [1.29, 1.82) is 0 Å². The van der Waals surface area contributed by atoms with Crippen molar-refractivity contribution in [2.24, 2.45) is 17.6 Å². The van der Waals surface area contributed by atoms with Gasteiger partial charge in [-0.05, 0) is 44.4 Å². The number of rotatable bonds is 6. The van der Waals surface area contributed by atoms with Crippen molar-refractivity contribution in [3.63, 3.8) is 0 Å². The smallest absolute Gasteiger partial charge is 0.0283 e. The highest BCUT2D eigenvalue weighted by molar-refractivity contribution is 4.99. The first-order valence-electron chi connectivity index (χ1n) is 6.52. The molecule has 0 radical (unpaired) electrons. The molecule has 0 aromatic rings. The van der Waals surface area contributed by atoms with E-state index in [2.05, 4.69) is 25.7 Å². The van der Waals surface area contributed by atoms with Gasteiger partial charge in [0.1, 0.15) is 0 Å². The molecule has 0 heterocycles. The fourth-order valence-corrected chi connectivity index (χ4v) is 2.56. The Morgan fingerprint density at radius 2 is 1.87 bits per heavy atom. The van der Waals surface area contributed by atoms with Gasteiger partial charge in [-0.3, -0.25) is 4.90 Å². The summed E-state index contributed by atoms with van der Waals surface area (Å²) in [5, 5.41) is 0. The van der Waals surface area contributed by atoms with Crippen LogP contribution in [0.1, 0.15) is 46.5 Å². The summed E-state index contributed by atoms with van der Waals surface area (Å²) in [6.07, 6.45) is 5.50. The third kappa shape index (κ3) is 3.18. The van der Waals surface area contributed by atoms with Crippen molar-refractivity contribution in [3.05, 3.63) is 0 Å². The van der Waals surface area contributed by atoms with E-state index >= 15 is 0 Å². The minimum Gasteiger partial charge on any atom is -0.324 e. The van der Waals surface area contributed by atoms with Crippen LogP contribution in [0.3, 0.4) is 0 Å². The molecule has 88 valence electrons. The molecular formula is C13H26N2. The second-order valence-electron chi connectivity index (χ2n) is 6.33. The zero-order valence-electron chi connectivity index (χ0n) is 10.5. The van der Waals surface area contributed by atoms with Gasteiger partial charge in [-0.15, -0.1) is 0 Å². The molecule has 0 spiro atoms. The number of nitrogens with two attached hydrogens (primary N) is 1. The third-order valence-corrected chi connectivity index (χ3v) is 3.72. The molecule has 0 bridgehead atoms. The molecule has 2 N–H and O–H groups in total. The van der Waals surface area contributed by atoms with E-state index in [0.717, 1.165) is 24.4 Å². The van der Waals surface area contributed by atoms with Crippen LogP contribution in [0.5, 0.6) is 0 Å². The van der Waals surface area contributed by atoms with Crippen LogP contribution in [0, 0.1) is 11.8 Å². The molecule has 0 amide bonds. The van der Waals surface area contributed by atoms with E-state index in [1.807, 2.05) is 0 Å². The van der Waals surface area contributed by atoms with Gasteiger partial charge in [0.05, 0.1) is 0 Å². The molecule has 1 atom stereocenters. The van der Waals surface area contributed by atoms with E-state index in [-0.39, 0.29) is 5.54 Å². The predicted molar refractivity (Wildman–Crippen MR) is 64.7 cm³/mol. The van der Waals surface area contributed by atoms with Gasteiger partial charge in [-0.2, -0.15) is 0 Å². The van der Waals surface area contributed by atoms with Gasteiger partial charge in [-0.25, -0.2) is 0 Å². The first-order valence-corrected chi connectivity index (χ1v) is 6.52. The predicted octanol–water partition coefficient (Wildman–Crippen LogP) is 2.23. The van der Waals surface area contributed by atoms with E-state index in [4.69, 9.17) is 5.73 Å². The molecule has 0 aliphatic heterocycles. The quantitative estimate of drug-likeness (QED) is 0.728. The monoisotopic (exact) mass is 210 g/mol. The van der Waals surface area contributed by atoms with Crippen LogP contribution in [0.2, 0.25) is 0 Å². The van der Waals surface area contributed by atoms with E-state index in [1.54, 1.807) is 0 Å². The number of hydrogen-bond donors (Lipinski definition) is 1. The first kappa shape index (κ1) is 11.4. The molecule has 2 saturated carbocycles. The van der Waals surface area contributed by atoms with Gasteiger partial charge >= 0.3 is 0 Å². The summed E-state index contributed by atoms with van der Waals surface area (Å²) in [4.78, 5) is 2.64. The van der Waals surface area contributed by atoms with Gasteiger partial charge in [0.15, 0.2) is 0 Å². The molecule has 0 aromatic heterocycles. The molecule has 2 heteroatoms. The maximum atomic E-state index is 6.42. The van der Waals surface area contributed by atoms with Crippen molar-refractivity contribution in [2.75, 3.05) is 13.1 Å². The minimum absolute atomic E-state index is 0.0669. The molecule has 2 nitrogen and oxygen atoms in total. The Morgan fingerprint density at radius 1 is 1.27 bits per heavy atom. The Labute approximate surface area is 94.2 Å². The standard InChI is InChI=1S/C13H26N2/c1-10(2)8-15(12-6-7-12)9-13(3,14)11-4-5-11/h10-12H,4-9,14H2,1-3H3. The van der Waals surface area contributed by atoms with Gasteiger partial charge < -0.3 is 5.73 Å². The van der Waals surface area contributed by atoms with E-state index < -0.39 is 0 Å². The zero-order chi connectivity index (χ0) is 11.1. The number of hydrogen-bond acceptors (Lipinski definition) is 2. The minimum atomic E-state index is 0.0669. The average molecular weight is 210 g/mol. The Kier molecular flexibility index (Phi) is 3.09. The van der Waals surface area contributed by atoms with Crippen LogP contribution in [0.15, 0.2) is 0 Å². The Morgan fingerprint density at radius 3 is 2.27 bits per heavy atom. The summed E-state index contributed by atoms with van der Waals surface area (Å²) in [5.41, 5.74) is 6.49. The molecule has 0 aromatic carbocycles. The Bertz CT molecular complexity index is 215. The first-order chi connectivity index (χ1) is 6.99. The largest absolute Gasteiger partial charge is 0.324 e. The van der Waals surface area contributed by atoms with Crippen molar-refractivity contribution < 1.29 is 0 Å². The normalized spacial score (nSPS) is 26.0. The molecule has 2 aliphatic rings. The van der Waals surface area contributed by atoms with E-state index in [9.17, 15) is 0 Å². The summed E-state index contributed by atoms with van der Waals surface area (Å²) in [7, 11) is 0. The van der Waals surface area contributed by atoms with E-state index in [1.165, 1.54) is 32.2 Å². The fraction of sp³-hybridized carbons (Fsp3) is 1.00. The van der Waals surface area contributed by atoms with Crippen LogP contribution in [-0.2, 0) is 0 Å². The van der Waals surface area contributed by atoms with Gasteiger partial charge in [0.25, 0.3) is 0 Å². The zero-order valence-corrected chi connectivity index (χ0v) is 10.5. The molecule has 1 unspecified atom stereocenters. The summed E-state index contributed by atoms with van der Waals surface area (Å²) >= 11 is 0. The van der Waals surface area contributed by atoms with Crippen molar-refractivity contribution in [3.8, 4) is 0 Å². The summed E-state index contributed by atoms with van der Waals surface area (Å²) in [6.45, 7) is 9.20. The van der Waals surface area contributed by atoms with Crippen molar-refractivity contribution in [1.82, 2.24) is 4.90 Å². The Balaban J connectivity index is 1.87. The van der Waals surface area contributed by atoms with Crippen LogP contribution >= 0.6 is 0 Å². The SMILES string of the molecule is CC(C)CN(CC(C)(N)C1CC1)C1CC1. The molecule has 15 heavy (non-hydrogen) atoms. The lowest BCUT2D eigenvalue weighted by molar-refractivity contribution is 0.176.